The van der Waals surface area contributed by atoms with Gasteiger partial charge in [0.25, 0.3) is 0 Å². The lowest BCUT2D eigenvalue weighted by Crippen LogP contribution is -2.34. The maximum absolute atomic E-state index is 10.2. The largest absolute Gasteiger partial charge is 0.375 e. The zero-order valence-corrected chi connectivity index (χ0v) is 16.6. The molecule has 0 spiro atoms. The summed E-state index contributed by atoms with van der Waals surface area (Å²) >= 11 is 1.59. The van der Waals surface area contributed by atoms with Crippen LogP contribution in [0.25, 0.3) is 11.0 Å². The van der Waals surface area contributed by atoms with Crippen molar-refractivity contribution in [3.8, 4) is 0 Å². The molecule has 0 amide bonds. The minimum Gasteiger partial charge on any atom is -0.375 e. The van der Waals surface area contributed by atoms with Crippen molar-refractivity contribution >= 4 is 27.4 Å². The topological polar surface area (TPSA) is 85.1 Å². The molecule has 1 unspecified atom stereocenters. The van der Waals surface area contributed by atoms with Crippen molar-refractivity contribution in [2.45, 2.75) is 51.5 Å². The molecule has 27 heavy (non-hydrogen) atoms. The maximum Gasteiger partial charge on any atom is 0.160 e. The summed E-state index contributed by atoms with van der Waals surface area (Å²) in [5.74, 6) is -0.872. The second kappa shape index (κ2) is 7.18. The summed E-state index contributed by atoms with van der Waals surface area (Å²) < 4.78 is 8.24. The highest BCUT2D eigenvalue weighted by Crippen LogP contribution is 2.40. The molecule has 0 aliphatic heterocycles. The molecule has 3 aromatic heterocycles. The predicted molar refractivity (Wildman–Crippen MR) is 106 cm³/mol. The predicted octanol–water partition coefficient (Wildman–Crippen LogP) is 3.37. The number of aryl methyl sites for hydroxylation is 1. The van der Waals surface area contributed by atoms with Gasteiger partial charge >= 0.3 is 0 Å². The van der Waals surface area contributed by atoms with Gasteiger partial charge in [-0.2, -0.15) is 0 Å². The van der Waals surface area contributed by atoms with Crippen LogP contribution in [0.1, 0.15) is 38.4 Å². The molecule has 144 valence electrons. The maximum atomic E-state index is 10.2. The Morgan fingerprint density at radius 2 is 2.22 bits per heavy atom. The number of fused-ring (bicyclic) bond motifs is 1. The van der Waals surface area contributed by atoms with Crippen molar-refractivity contribution in [2.75, 3.05) is 11.9 Å². The van der Waals surface area contributed by atoms with Crippen LogP contribution in [0.4, 0.5) is 5.00 Å². The molecule has 3 heterocycles. The van der Waals surface area contributed by atoms with E-state index in [1.54, 1.807) is 31.5 Å². The molecule has 0 radical (unpaired) electrons. The van der Waals surface area contributed by atoms with Crippen molar-refractivity contribution in [2.24, 2.45) is 5.92 Å². The van der Waals surface area contributed by atoms with Gasteiger partial charge in [-0.05, 0) is 39.7 Å². The minimum absolute atomic E-state index is 0.0317. The number of ether oxygens (including phenoxy) is 1. The summed E-state index contributed by atoms with van der Waals surface area (Å²) in [4.78, 5) is 12.9. The van der Waals surface area contributed by atoms with Gasteiger partial charge < -0.3 is 19.7 Å². The molecular formula is C19H25N5O2S. The molecule has 4 rings (SSSR count). The molecule has 0 saturated heterocycles. The van der Waals surface area contributed by atoms with Gasteiger partial charge in [0.05, 0.1) is 23.5 Å². The molecule has 2 N–H and O–H groups in total. The van der Waals surface area contributed by atoms with Gasteiger partial charge in [0.2, 0.25) is 0 Å². The fraction of sp³-hybridized carbons (Fsp3) is 0.526. The zero-order chi connectivity index (χ0) is 19.0. The second-order valence-electron chi connectivity index (χ2n) is 7.65. The van der Waals surface area contributed by atoms with E-state index in [4.69, 9.17) is 4.74 Å². The summed E-state index contributed by atoms with van der Waals surface area (Å²) in [6.45, 7) is 6.17. The third-order valence-corrected chi connectivity index (χ3v) is 5.85. The number of hydrogen-bond acceptors (Lipinski definition) is 7. The van der Waals surface area contributed by atoms with E-state index in [-0.39, 0.29) is 18.1 Å². The Labute approximate surface area is 162 Å². The summed E-state index contributed by atoms with van der Waals surface area (Å²) in [6, 6.07) is 2.36. The highest BCUT2D eigenvalue weighted by atomic mass is 32.1. The molecule has 1 aliphatic rings. The number of aromatic nitrogens is 4. The average molecular weight is 388 g/mol. The summed E-state index contributed by atoms with van der Waals surface area (Å²) in [6.07, 6.45) is 7.32. The molecule has 3 atom stereocenters. The first-order chi connectivity index (χ1) is 12.9. The van der Waals surface area contributed by atoms with Crippen LogP contribution in [-0.2, 0) is 4.74 Å². The van der Waals surface area contributed by atoms with E-state index in [0.29, 0.717) is 0 Å². The normalized spacial score (nSPS) is 23.2. The van der Waals surface area contributed by atoms with E-state index in [9.17, 15) is 5.11 Å². The Balaban J connectivity index is 1.56. The lowest BCUT2D eigenvalue weighted by atomic mass is 10.1. The molecule has 0 bridgehead atoms. The van der Waals surface area contributed by atoms with Crippen molar-refractivity contribution in [1.29, 1.82) is 0 Å². The Bertz CT molecular complexity index is 903. The number of hydrogen-bond donors (Lipinski definition) is 2. The number of nitrogens with one attached hydrogen (secondary N) is 1. The zero-order valence-electron chi connectivity index (χ0n) is 15.8. The Morgan fingerprint density at radius 1 is 1.37 bits per heavy atom. The number of aliphatic hydroxyl groups is 1. The van der Waals surface area contributed by atoms with E-state index < -0.39 is 5.79 Å². The van der Waals surface area contributed by atoms with Crippen LogP contribution in [0, 0.1) is 12.8 Å². The van der Waals surface area contributed by atoms with E-state index in [0.717, 1.165) is 41.1 Å². The third kappa shape index (κ3) is 3.97. The standard InChI is InChI=1S/C19H25N5O2S/c1-12-15-4-5-24(18(15)23-10-22-12)14-6-13(8-21-17-9-20-11-27-17)16(7-14)26-19(2,3)25/h4-5,9-11,13-14,16,21,25H,6-8H2,1-3H3/t13-,14-,16?/m1/s1. The molecule has 1 saturated carbocycles. The first-order valence-electron chi connectivity index (χ1n) is 9.21. The van der Waals surface area contributed by atoms with E-state index in [1.807, 2.05) is 18.6 Å². The van der Waals surface area contributed by atoms with E-state index in [1.165, 1.54) is 0 Å². The van der Waals surface area contributed by atoms with E-state index >= 15 is 0 Å². The summed E-state index contributed by atoms with van der Waals surface area (Å²) in [5, 5.41) is 15.8. The first-order valence-corrected chi connectivity index (χ1v) is 10.1. The Morgan fingerprint density at radius 3 is 2.96 bits per heavy atom. The monoisotopic (exact) mass is 387 g/mol. The minimum atomic E-state index is -1.15. The van der Waals surface area contributed by atoms with Crippen LogP contribution in [-0.4, -0.2) is 43.1 Å². The van der Waals surface area contributed by atoms with Crippen LogP contribution in [0.3, 0.4) is 0 Å². The molecular weight excluding hydrogens is 362 g/mol. The van der Waals surface area contributed by atoms with Crippen molar-refractivity contribution in [1.82, 2.24) is 19.5 Å². The quantitative estimate of drug-likeness (QED) is 0.631. The van der Waals surface area contributed by atoms with Gasteiger partial charge in [-0.25, -0.2) is 9.97 Å². The van der Waals surface area contributed by atoms with Gasteiger partial charge in [-0.3, -0.25) is 4.98 Å². The SMILES string of the molecule is Cc1ncnc2c1ccn2[C@H]1CC(OC(C)(C)O)[C@@H](CNc2cncs2)C1. The third-order valence-electron chi connectivity index (χ3n) is 5.12. The summed E-state index contributed by atoms with van der Waals surface area (Å²) in [7, 11) is 0. The highest BCUT2D eigenvalue weighted by molar-refractivity contribution is 7.13. The highest BCUT2D eigenvalue weighted by Gasteiger charge is 2.39. The van der Waals surface area contributed by atoms with Gasteiger partial charge in [0.1, 0.15) is 17.0 Å². The van der Waals surface area contributed by atoms with Crippen LogP contribution < -0.4 is 5.32 Å². The van der Waals surface area contributed by atoms with Crippen LogP contribution >= 0.6 is 11.3 Å². The summed E-state index contributed by atoms with van der Waals surface area (Å²) in [5.41, 5.74) is 3.77. The number of anilines is 1. The van der Waals surface area contributed by atoms with Crippen LogP contribution in [0.15, 0.2) is 30.3 Å². The molecule has 7 nitrogen and oxygen atoms in total. The number of nitrogens with zero attached hydrogens (tertiary/aromatic N) is 4. The lowest BCUT2D eigenvalue weighted by Gasteiger charge is -2.27. The Hall–Kier alpha value is -2.03. The fourth-order valence-corrected chi connectivity index (χ4v) is 4.47. The first kappa shape index (κ1) is 18.3. The lowest BCUT2D eigenvalue weighted by molar-refractivity contribution is -0.211. The molecule has 1 fully saturated rings. The van der Waals surface area contributed by atoms with Crippen molar-refractivity contribution < 1.29 is 9.84 Å². The number of thiazole rings is 1. The second-order valence-corrected chi connectivity index (χ2v) is 8.54. The van der Waals surface area contributed by atoms with Crippen molar-refractivity contribution in [3.63, 3.8) is 0 Å². The van der Waals surface area contributed by atoms with Gasteiger partial charge in [0, 0.05) is 30.1 Å². The molecule has 0 aromatic carbocycles. The van der Waals surface area contributed by atoms with Crippen LogP contribution in [0.5, 0.6) is 0 Å². The van der Waals surface area contributed by atoms with Crippen molar-refractivity contribution in [3.05, 3.63) is 36.0 Å². The smallest absolute Gasteiger partial charge is 0.160 e. The van der Waals surface area contributed by atoms with Crippen LogP contribution in [0.2, 0.25) is 0 Å². The molecule has 3 aromatic rings. The number of rotatable bonds is 6. The molecule has 8 heteroatoms. The van der Waals surface area contributed by atoms with Gasteiger partial charge in [-0.1, -0.05) is 0 Å². The average Bonchev–Trinajstić information content (AvgIpc) is 3.31. The Kier molecular flexibility index (Phi) is 4.88. The van der Waals surface area contributed by atoms with Gasteiger partial charge in [-0.15, -0.1) is 11.3 Å². The van der Waals surface area contributed by atoms with E-state index in [2.05, 4.69) is 37.1 Å². The van der Waals surface area contributed by atoms with Gasteiger partial charge in [0.15, 0.2) is 5.79 Å². The fourth-order valence-electron chi connectivity index (χ4n) is 3.94. The molecule has 1 aliphatic carbocycles.